The first-order valence-corrected chi connectivity index (χ1v) is 9.87. The van der Waals surface area contributed by atoms with E-state index < -0.39 is 0 Å². The van der Waals surface area contributed by atoms with Crippen molar-refractivity contribution < 1.29 is 4.79 Å². The van der Waals surface area contributed by atoms with Crippen molar-refractivity contribution in [3.8, 4) is 0 Å². The number of carbonyl (C=O) groups is 1. The van der Waals surface area contributed by atoms with Crippen molar-refractivity contribution in [2.45, 2.75) is 19.3 Å². The molecule has 3 aromatic heterocycles. The molecular weight excluding hydrogens is 364 g/mol. The molecule has 0 bridgehead atoms. The molecule has 0 saturated carbocycles. The summed E-state index contributed by atoms with van der Waals surface area (Å²) in [4.78, 5) is 44.5. The van der Waals surface area contributed by atoms with Gasteiger partial charge in [-0.2, -0.15) is 0 Å². The zero-order chi connectivity index (χ0) is 18.4. The molecule has 138 valence electrons. The molecule has 0 atom stereocenters. The molecule has 9 heteroatoms. The van der Waals surface area contributed by atoms with Crippen LogP contribution in [0.15, 0.2) is 29.5 Å². The third kappa shape index (κ3) is 2.69. The van der Waals surface area contributed by atoms with Gasteiger partial charge in [0.05, 0.1) is 0 Å². The minimum Gasteiger partial charge on any atom is -0.337 e. The summed E-state index contributed by atoms with van der Waals surface area (Å²) in [7, 11) is 0. The first kappa shape index (κ1) is 16.4. The van der Waals surface area contributed by atoms with Gasteiger partial charge in [0, 0.05) is 55.3 Å². The largest absolute Gasteiger partial charge is 0.337 e. The zero-order valence-corrected chi connectivity index (χ0v) is 15.5. The molecule has 27 heavy (non-hydrogen) atoms. The Morgan fingerprint density at radius 1 is 1.04 bits per heavy atom. The SMILES string of the molecule is O=C(c1cnc2sc3c(n2c1=O)CCC3)N1CCN(c2ncccn2)CC1. The maximum Gasteiger partial charge on any atom is 0.271 e. The van der Waals surface area contributed by atoms with Crippen molar-refractivity contribution in [2.75, 3.05) is 31.1 Å². The van der Waals surface area contributed by atoms with Gasteiger partial charge in [-0.25, -0.2) is 15.0 Å². The molecule has 3 aromatic rings. The summed E-state index contributed by atoms with van der Waals surface area (Å²) in [6.07, 6.45) is 7.80. The average molecular weight is 382 g/mol. The highest BCUT2D eigenvalue weighted by atomic mass is 32.1. The topological polar surface area (TPSA) is 83.7 Å². The van der Waals surface area contributed by atoms with E-state index >= 15 is 0 Å². The lowest BCUT2D eigenvalue weighted by atomic mass is 10.2. The van der Waals surface area contributed by atoms with Gasteiger partial charge in [0.2, 0.25) is 5.95 Å². The molecule has 0 unspecified atom stereocenters. The summed E-state index contributed by atoms with van der Waals surface area (Å²) in [5.41, 5.74) is 0.954. The van der Waals surface area contributed by atoms with E-state index in [1.165, 1.54) is 11.1 Å². The van der Waals surface area contributed by atoms with Gasteiger partial charge in [-0.1, -0.05) is 0 Å². The molecule has 5 rings (SSSR count). The Morgan fingerprint density at radius 3 is 2.59 bits per heavy atom. The van der Waals surface area contributed by atoms with Gasteiger partial charge < -0.3 is 9.80 Å². The van der Waals surface area contributed by atoms with Crippen molar-refractivity contribution in [2.24, 2.45) is 0 Å². The lowest BCUT2D eigenvalue weighted by molar-refractivity contribution is 0.0744. The van der Waals surface area contributed by atoms with Crippen LogP contribution in [0.1, 0.15) is 27.3 Å². The number of carbonyl (C=O) groups excluding carboxylic acids is 1. The van der Waals surface area contributed by atoms with E-state index in [0.29, 0.717) is 37.1 Å². The van der Waals surface area contributed by atoms with Crippen LogP contribution in [0.3, 0.4) is 0 Å². The second-order valence-corrected chi connectivity index (χ2v) is 7.81. The van der Waals surface area contributed by atoms with Crippen LogP contribution >= 0.6 is 11.3 Å². The Bertz CT molecular complexity index is 1070. The number of aromatic nitrogens is 4. The Balaban J connectivity index is 1.39. The first-order chi connectivity index (χ1) is 13.2. The van der Waals surface area contributed by atoms with E-state index in [-0.39, 0.29) is 17.0 Å². The number of thiazole rings is 1. The number of amides is 1. The Labute approximate surface area is 159 Å². The molecular formula is C18H18N6O2S. The number of hydrogen-bond acceptors (Lipinski definition) is 7. The summed E-state index contributed by atoms with van der Waals surface area (Å²) in [6, 6.07) is 1.78. The number of aryl methyl sites for hydroxylation is 2. The maximum atomic E-state index is 13.0. The van der Waals surface area contributed by atoms with Crippen molar-refractivity contribution in [3.05, 3.63) is 51.1 Å². The second kappa shape index (κ2) is 6.41. The highest BCUT2D eigenvalue weighted by molar-refractivity contribution is 7.17. The van der Waals surface area contributed by atoms with Crippen LogP contribution < -0.4 is 10.5 Å². The lowest BCUT2D eigenvalue weighted by Gasteiger charge is -2.34. The predicted molar refractivity (Wildman–Crippen MR) is 102 cm³/mol. The van der Waals surface area contributed by atoms with Crippen LogP contribution in [0.4, 0.5) is 5.95 Å². The molecule has 2 aliphatic rings. The summed E-state index contributed by atoms with van der Waals surface area (Å²) < 4.78 is 1.65. The van der Waals surface area contributed by atoms with Crippen molar-refractivity contribution >= 4 is 28.2 Å². The summed E-state index contributed by atoms with van der Waals surface area (Å²) in [5.74, 6) is 0.426. The molecule has 1 aliphatic carbocycles. The van der Waals surface area contributed by atoms with E-state index in [1.54, 1.807) is 39.1 Å². The van der Waals surface area contributed by atoms with Crippen LogP contribution in [0.2, 0.25) is 0 Å². The van der Waals surface area contributed by atoms with Crippen LogP contribution in [-0.4, -0.2) is 56.3 Å². The van der Waals surface area contributed by atoms with Gasteiger partial charge in [-0.3, -0.25) is 14.0 Å². The standard InChI is InChI=1S/C18H18N6O2S/c25-15(22-7-9-23(10-8-22)17-19-5-2-6-20-17)12-11-21-18-24(16(12)26)13-3-1-4-14(13)27-18/h2,5-6,11H,1,3-4,7-10H2. The maximum absolute atomic E-state index is 13.0. The number of rotatable bonds is 2. The Kier molecular flexibility index (Phi) is 3.89. The van der Waals surface area contributed by atoms with Crippen LogP contribution in [0, 0.1) is 0 Å². The lowest BCUT2D eigenvalue weighted by Crippen LogP contribution is -2.50. The minimum absolute atomic E-state index is 0.157. The molecule has 1 saturated heterocycles. The molecule has 8 nitrogen and oxygen atoms in total. The van der Waals surface area contributed by atoms with E-state index in [1.807, 2.05) is 4.90 Å². The molecule has 0 aromatic carbocycles. The van der Waals surface area contributed by atoms with Crippen molar-refractivity contribution in [1.29, 1.82) is 0 Å². The molecule has 4 heterocycles. The van der Waals surface area contributed by atoms with Gasteiger partial charge in [-0.15, -0.1) is 11.3 Å². The Hall–Kier alpha value is -2.81. The number of hydrogen-bond donors (Lipinski definition) is 0. The highest BCUT2D eigenvalue weighted by Crippen LogP contribution is 2.29. The molecule has 1 aliphatic heterocycles. The number of piperazine rings is 1. The molecule has 1 amide bonds. The molecule has 0 radical (unpaired) electrons. The minimum atomic E-state index is -0.242. The van der Waals surface area contributed by atoms with Crippen LogP contribution in [0.25, 0.3) is 4.96 Å². The van der Waals surface area contributed by atoms with Crippen LogP contribution in [0.5, 0.6) is 0 Å². The van der Waals surface area contributed by atoms with E-state index in [0.717, 1.165) is 25.0 Å². The van der Waals surface area contributed by atoms with Gasteiger partial charge in [0.15, 0.2) is 4.96 Å². The predicted octanol–water partition coefficient (Wildman–Crippen LogP) is 0.997. The average Bonchev–Trinajstić information content (AvgIpc) is 3.30. The van der Waals surface area contributed by atoms with Gasteiger partial charge >= 0.3 is 0 Å². The highest BCUT2D eigenvalue weighted by Gasteiger charge is 2.27. The second-order valence-electron chi connectivity index (χ2n) is 6.75. The first-order valence-electron chi connectivity index (χ1n) is 9.06. The van der Waals surface area contributed by atoms with E-state index in [9.17, 15) is 9.59 Å². The summed E-state index contributed by atoms with van der Waals surface area (Å²) >= 11 is 1.56. The Morgan fingerprint density at radius 2 is 1.81 bits per heavy atom. The molecule has 0 spiro atoms. The fourth-order valence-corrected chi connectivity index (χ4v) is 4.96. The van der Waals surface area contributed by atoms with Crippen LogP contribution in [-0.2, 0) is 12.8 Å². The summed E-state index contributed by atoms with van der Waals surface area (Å²) in [5, 5.41) is 0. The van der Waals surface area contributed by atoms with Gasteiger partial charge in [0.1, 0.15) is 5.56 Å². The number of anilines is 1. The fourth-order valence-electron chi connectivity index (χ4n) is 3.79. The van der Waals surface area contributed by atoms with Gasteiger partial charge in [0.25, 0.3) is 11.5 Å². The van der Waals surface area contributed by atoms with Gasteiger partial charge in [-0.05, 0) is 25.3 Å². The number of fused-ring (bicyclic) bond motifs is 3. The molecule has 1 fully saturated rings. The number of nitrogens with zero attached hydrogens (tertiary/aromatic N) is 6. The van der Waals surface area contributed by atoms with Crippen molar-refractivity contribution in [1.82, 2.24) is 24.3 Å². The smallest absolute Gasteiger partial charge is 0.271 e. The quantitative estimate of drug-likeness (QED) is 0.657. The normalized spacial score (nSPS) is 16.7. The van der Waals surface area contributed by atoms with E-state index in [4.69, 9.17) is 0 Å². The third-order valence-corrected chi connectivity index (χ3v) is 6.34. The molecule has 0 N–H and O–H groups in total. The van der Waals surface area contributed by atoms with Crippen molar-refractivity contribution in [3.63, 3.8) is 0 Å². The monoisotopic (exact) mass is 382 g/mol. The fraction of sp³-hybridized carbons (Fsp3) is 0.389. The third-order valence-electron chi connectivity index (χ3n) is 5.18. The van der Waals surface area contributed by atoms with E-state index in [2.05, 4.69) is 15.0 Å². The summed E-state index contributed by atoms with van der Waals surface area (Å²) in [6.45, 7) is 2.34. The zero-order valence-electron chi connectivity index (χ0n) is 14.7.